The smallest absolute Gasteiger partial charge is 0.165 e. The molecule has 2 aliphatic heterocycles. The van der Waals surface area contributed by atoms with Crippen molar-refractivity contribution in [1.82, 2.24) is 5.01 Å². The number of nitrogens with zero attached hydrogens (tertiary/aromatic N) is 2. The van der Waals surface area contributed by atoms with E-state index in [1.807, 2.05) is 6.07 Å². The van der Waals surface area contributed by atoms with Gasteiger partial charge in [-0.2, -0.15) is 0 Å². The number of rotatable bonds is 2. The average molecular weight is 314 g/mol. The Balaban J connectivity index is 1.80. The first-order valence-electron chi connectivity index (χ1n) is 8.04. The topological polar surface area (TPSA) is 71.4 Å². The van der Waals surface area contributed by atoms with Crippen LogP contribution in [0.25, 0.3) is 0 Å². The van der Waals surface area contributed by atoms with E-state index in [1.165, 1.54) is 11.1 Å². The van der Waals surface area contributed by atoms with Gasteiger partial charge in [0.15, 0.2) is 11.5 Å². The first-order chi connectivity index (χ1) is 11.2. The van der Waals surface area contributed by atoms with Crippen LogP contribution >= 0.6 is 0 Å². The summed E-state index contributed by atoms with van der Waals surface area (Å²) in [7, 11) is 1.64. The van der Waals surface area contributed by atoms with Gasteiger partial charge in [-0.1, -0.05) is 18.2 Å². The van der Waals surface area contributed by atoms with Gasteiger partial charge in [0.25, 0.3) is 0 Å². The first kappa shape index (κ1) is 13.4. The molecule has 5 unspecified atom stereocenters. The van der Waals surface area contributed by atoms with Crippen LogP contribution in [0.4, 0.5) is 0 Å². The van der Waals surface area contributed by atoms with Gasteiger partial charge in [-0.25, -0.2) is 0 Å². The molecule has 1 N–H and O–H groups in total. The zero-order chi connectivity index (χ0) is 15.8. The first-order valence-corrected chi connectivity index (χ1v) is 8.04. The van der Waals surface area contributed by atoms with E-state index >= 15 is 0 Å². The van der Waals surface area contributed by atoms with E-state index in [9.17, 15) is 10.0 Å². The highest BCUT2D eigenvalue weighted by Gasteiger charge is 2.64. The van der Waals surface area contributed by atoms with Crippen LogP contribution in [0.3, 0.4) is 0 Å². The van der Waals surface area contributed by atoms with Gasteiger partial charge < -0.3 is 14.6 Å². The van der Waals surface area contributed by atoms with Crippen molar-refractivity contribution < 1.29 is 14.6 Å². The summed E-state index contributed by atoms with van der Waals surface area (Å²) >= 11 is 0. The summed E-state index contributed by atoms with van der Waals surface area (Å²) in [6.07, 6.45) is 4.41. The molecule has 1 aromatic rings. The number of ether oxygens (including phenoxy) is 2. The molecule has 1 spiro atoms. The quantitative estimate of drug-likeness (QED) is 0.662. The maximum Gasteiger partial charge on any atom is 0.165 e. The van der Waals surface area contributed by atoms with E-state index in [-0.39, 0.29) is 23.5 Å². The van der Waals surface area contributed by atoms with E-state index in [0.29, 0.717) is 12.3 Å². The minimum absolute atomic E-state index is 0.0305. The monoisotopic (exact) mass is 314 g/mol. The lowest BCUT2D eigenvalue weighted by Gasteiger charge is -2.55. The van der Waals surface area contributed by atoms with Gasteiger partial charge in [0.1, 0.15) is 12.2 Å². The highest BCUT2D eigenvalue weighted by molar-refractivity contribution is 5.62. The SMILES string of the molecule is COc1ccc2c3c1OC1C(O)C=CC4C(C2)N(N=O)CCC341. The summed E-state index contributed by atoms with van der Waals surface area (Å²) in [4.78, 5) is 11.3. The number of hydrogen-bond acceptors (Lipinski definition) is 5. The molecule has 1 saturated heterocycles. The van der Waals surface area contributed by atoms with Crippen LogP contribution in [0.5, 0.6) is 11.5 Å². The lowest BCUT2D eigenvalue weighted by molar-refractivity contribution is -0.0517. The van der Waals surface area contributed by atoms with Gasteiger partial charge in [0.2, 0.25) is 0 Å². The normalized spacial score (nSPS) is 38.8. The van der Waals surface area contributed by atoms with E-state index in [1.54, 1.807) is 18.2 Å². The van der Waals surface area contributed by atoms with Gasteiger partial charge in [0.05, 0.1) is 18.4 Å². The number of benzene rings is 1. The summed E-state index contributed by atoms with van der Waals surface area (Å²) < 4.78 is 11.7. The number of aliphatic hydroxyl groups is 1. The largest absolute Gasteiger partial charge is 0.493 e. The molecule has 2 heterocycles. The Morgan fingerprint density at radius 3 is 3.09 bits per heavy atom. The summed E-state index contributed by atoms with van der Waals surface area (Å²) in [5, 5.41) is 15.4. The van der Waals surface area contributed by atoms with Crippen LogP contribution in [-0.4, -0.2) is 42.0 Å². The Morgan fingerprint density at radius 2 is 2.30 bits per heavy atom. The van der Waals surface area contributed by atoms with Crippen molar-refractivity contribution in [2.75, 3.05) is 13.7 Å². The Hall–Kier alpha value is -2.08. The van der Waals surface area contributed by atoms with Crippen molar-refractivity contribution >= 4 is 0 Å². The number of piperidine rings is 1. The second-order valence-corrected chi connectivity index (χ2v) is 6.88. The molecular formula is C17H18N2O4. The summed E-state index contributed by atoms with van der Waals surface area (Å²) in [5.41, 5.74) is 2.08. The predicted octanol–water partition coefficient (Wildman–Crippen LogP) is 1.55. The summed E-state index contributed by atoms with van der Waals surface area (Å²) in [6, 6.07) is 4.01. The third-order valence-corrected chi connectivity index (χ3v) is 6.15. The van der Waals surface area contributed by atoms with Crippen molar-refractivity contribution in [2.45, 2.75) is 36.5 Å². The molecule has 4 aliphatic rings. The van der Waals surface area contributed by atoms with Gasteiger partial charge in [-0.15, -0.1) is 4.91 Å². The Kier molecular flexibility index (Phi) is 2.48. The molecule has 5 rings (SSSR count). The van der Waals surface area contributed by atoms with Crippen LogP contribution in [0.2, 0.25) is 0 Å². The van der Waals surface area contributed by atoms with Crippen molar-refractivity contribution in [2.24, 2.45) is 11.2 Å². The highest BCUT2D eigenvalue weighted by atomic mass is 16.5. The molecule has 1 aromatic carbocycles. The molecular weight excluding hydrogens is 296 g/mol. The fourth-order valence-electron chi connectivity index (χ4n) is 5.29. The zero-order valence-corrected chi connectivity index (χ0v) is 12.8. The van der Waals surface area contributed by atoms with Crippen molar-refractivity contribution in [3.05, 3.63) is 40.3 Å². The number of nitroso groups, excluding NO2 is 1. The molecule has 0 amide bonds. The van der Waals surface area contributed by atoms with Gasteiger partial charge >= 0.3 is 0 Å². The average Bonchev–Trinajstić information content (AvgIpc) is 2.91. The molecule has 23 heavy (non-hydrogen) atoms. The van der Waals surface area contributed by atoms with E-state index in [2.05, 4.69) is 17.4 Å². The van der Waals surface area contributed by atoms with Crippen molar-refractivity contribution in [3.63, 3.8) is 0 Å². The van der Waals surface area contributed by atoms with E-state index in [4.69, 9.17) is 9.47 Å². The highest BCUT2D eigenvalue weighted by Crippen LogP contribution is 2.62. The summed E-state index contributed by atoms with van der Waals surface area (Å²) in [6.45, 7) is 0.598. The molecule has 0 aromatic heterocycles. The molecule has 2 aliphatic carbocycles. The molecule has 1 fully saturated rings. The number of hydrogen-bond donors (Lipinski definition) is 1. The Morgan fingerprint density at radius 1 is 1.43 bits per heavy atom. The molecule has 2 bridgehead atoms. The number of methoxy groups -OCH3 is 1. The Labute approximate surface area is 133 Å². The fourth-order valence-corrected chi connectivity index (χ4v) is 5.29. The van der Waals surface area contributed by atoms with Crippen LogP contribution in [0.1, 0.15) is 17.5 Å². The molecule has 6 nitrogen and oxygen atoms in total. The predicted molar refractivity (Wildman–Crippen MR) is 82.3 cm³/mol. The summed E-state index contributed by atoms with van der Waals surface area (Å²) in [5.74, 6) is 1.62. The second kappa shape index (κ2) is 4.26. The van der Waals surface area contributed by atoms with E-state index < -0.39 is 6.10 Å². The zero-order valence-electron chi connectivity index (χ0n) is 12.8. The van der Waals surface area contributed by atoms with E-state index in [0.717, 1.165) is 18.6 Å². The lowest BCUT2D eigenvalue weighted by Crippen LogP contribution is -2.64. The van der Waals surface area contributed by atoms with Gasteiger partial charge in [0, 0.05) is 23.4 Å². The van der Waals surface area contributed by atoms with Crippen LogP contribution in [0.15, 0.2) is 29.6 Å². The standard InChI is InChI=1S/C17H18N2O4/c1-22-13-5-2-9-8-11-10-3-4-12(20)16-17(10,6-7-19(11)18-21)14(9)15(13)23-16/h2-5,10-12,16,20H,6-8H2,1H3. The van der Waals surface area contributed by atoms with Crippen LogP contribution < -0.4 is 9.47 Å². The minimum atomic E-state index is -0.648. The van der Waals surface area contributed by atoms with Gasteiger partial charge in [-0.05, 0) is 24.5 Å². The van der Waals surface area contributed by atoms with Crippen LogP contribution in [0, 0.1) is 10.8 Å². The molecule has 5 atom stereocenters. The lowest BCUT2D eigenvalue weighted by atomic mass is 9.53. The maximum absolute atomic E-state index is 11.3. The maximum atomic E-state index is 11.3. The fraction of sp³-hybridized carbons (Fsp3) is 0.529. The van der Waals surface area contributed by atoms with Crippen LogP contribution in [-0.2, 0) is 11.8 Å². The van der Waals surface area contributed by atoms with Crippen molar-refractivity contribution in [1.29, 1.82) is 0 Å². The van der Waals surface area contributed by atoms with Crippen molar-refractivity contribution in [3.8, 4) is 11.5 Å². The molecule has 0 radical (unpaired) electrons. The van der Waals surface area contributed by atoms with Gasteiger partial charge in [-0.3, -0.25) is 5.01 Å². The molecule has 0 saturated carbocycles. The number of aliphatic hydroxyl groups excluding tert-OH is 1. The third kappa shape index (κ3) is 1.39. The minimum Gasteiger partial charge on any atom is -0.493 e. The Bertz CT molecular complexity index is 734. The second-order valence-electron chi connectivity index (χ2n) is 6.88. The molecule has 6 heteroatoms. The third-order valence-electron chi connectivity index (χ3n) is 6.15. The molecule has 120 valence electrons.